The lowest BCUT2D eigenvalue weighted by atomic mass is 9.88. The molecular formula is C20H27FN2O2. The van der Waals surface area contributed by atoms with E-state index >= 15 is 0 Å². The first-order valence-electron chi connectivity index (χ1n) is 9.21. The van der Waals surface area contributed by atoms with E-state index < -0.39 is 6.10 Å². The van der Waals surface area contributed by atoms with Crippen LogP contribution in [0.2, 0.25) is 0 Å². The number of halogens is 1. The van der Waals surface area contributed by atoms with Crippen molar-refractivity contribution in [2.75, 3.05) is 6.54 Å². The number of hydrogen-bond donors (Lipinski definition) is 2. The van der Waals surface area contributed by atoms with Crippen molar-refractivity contribution < 1.29 is 13.9 Å². The summed E-state index contributed by atoms with van der Waals surface area (Å²) in [5, 5.41) is 3.94. The molecule has 25 heavy (non-hydrogen) atoms. The lowest BCUT2D eigenvalue weighted by Gasteiger charge is -2.28. The molecular weight excluding hydrogens is 319 g/mol. The average molecular weight is 346 g/mol. The number of amides is 1. The third-order valence-corrected chi connectivity index (χ3v) is 5.08. The molecule has 2 aromatic rings. The van der Waals surface area contributed by atoms with Crippen LogP contribution in [-0.4, -0.2) is 29.6 Å². The van der Waals surface area contributed by atoms with Crippen LogP contribution in [0.15, 0.2) is 24.4 Å². The van der Waals surface area contributed by atoms with E-state index in [1.165, 1.54) is 25.0 Å². The number of ether oxygens (including phenoxy) is 1. The highest BCUT2D eigenvalue weighted by Gasteiger charge is 2.23. The number of nitrogens with one attached hydrogen (secondary N) is 2. The Balaban J connectivity index is 1.46. The van der Waals surface area contributed by atoms with Crippen LogP contribution < -0.4 is 5.32 Å². The fourth-order valence-electron chi connectivity index (χ4n) is 3.68. The monoisotopic (exact) mass is 346 g/mol. The van der Waals surface area contributed by atoms with Crippen molar-refractivity contribution in [2.24, 2.45) is 5.92 Å². The van der Waals surface area contributed by atoms with E-state index in [0.29, 0.717) is 18.9 Å². The Labute approximate surface area is 148 Å². The second kappa shape index (κ2) is 8.00. The molecule has 0 saturated heterocycles. The van der Waals surface area contributed by atoms with Crippen molar-refractivity contribution in [3.63, 3.8) is 0 Å². The van der Waals surface area contributed by atoms with Crippen LogP contribution >= 0.6 is 0 Å². The Hall–Kier alpha value is -1.88. The maximum atomic E-state index is 13.2. The van der Waals surface area contributed by atoms with Gasteiger partial charge in [0.25, 0.3) is 0 Å². The van der Waals surface area contributed by atoms with Crippen LogP contribution in [0.5, 0.6) is 0 Å². The molecule has 1 heterocycles. The van der Waals surface area contributed by atoms with Crippen molar-refractivity contribution in [1.82, 2.24) is 10.3 Å². The third-order valence-electron chi connectivity index (χ3n) is 5.08. The van der Waals surface area contributed by atoms with Crippen molar-refractivity contribution in [3.8, 4) is 0 Å². The van der Waals surface area contributed by atoms with E-state index in [1.807, 2.05) is 13.1 Å². The second-order valence-corrected chi connectivity index (χ2v) is 7.22. The van der Waals surface area contributed by atoms with Gasteiger partial charge < -0.3 is 15.0 Å². The number of carbonyl (C=O) groups excluding carboxylic acids is 1. The van der Waals surface area contributed by atoms with Gasteiger partial charge in [-0.25, -0.2) is 4.39 Å². The van der Waals surface area contributed by atoms with Crippen molar-refractivity contribution in [3.05, 3.63) is 35.8 Å². The minimum atomic E-state index is -0.424. The topological polar surface area (TPSA) is 54.1 Å². The minimum Gasteiger partial charge on any atom is -0.365 e. The summed E-state index contributed by atoms with van der Waals surface area (Å²) in [6.07, 6.45) is 6.89. The summed E-state index contributed by atoms with van der Waals surface area (Å²) < 4.78 is 19.2. The Kier molecular flexibility index (Phi) is 5.74. The molecule has 3 unspecified atom stereocenters. The van der Waals surface area contributed by atoms with Gasteiger partial charge in [0, 0.05) is 23.6 Å². The Morgan fingerprint density at radius 2 is 2.28 bits per heavy atom. The van der Waals surface area contributed by atoms with Crippen LogP contribution in [0.4, 0.5) is 4.39 Å². The largest absolute Gasteiger partial charge is 0.365 e. The Bertz CT molecular complexity index is 728. The second-order valence-electron chi connectivity index (χ2n) is 7.22. The highest BCUT2D eigenvalue weighted by molar-refractivity contribution is 5.83. The zero-order valence-electron chi connectivity index (χ0n) is 15.0. The molecule has 4 nitrogen and oxygen atoms in total. The van der Waals surface area contributed by atoms with Gasteiger partial charge in [-0.05, 0) is 55.9 Å². The molecule has 3 atom stereocenters. The number of fused-ring (bicyclic) bond motifs is 1. The summed E-state index contributed by atoms with van der Waals surface area (Å²) >= 11 is 0. The standard InChI is InChI=1S/C20H27FN2O2/c1-13-4-3-5-17(10-13)25-14(2)20(24)22-9-8-15-12-23-19-11-16(21)6-7-18(15)19/h6-7,11-14,17,23H,3-5,8-10H2,1-2H3,(H,22,24). The normalized spacial score (nSPS) is 22.0. The molecule has 1 aliphatic carbocycles. The fourth-order valence-corrected chi connectivity index (χ4v) is 3.68. The molecule has 3 rings (SSSR count). The lowest BCUT2D eigenvalue weighted by molar-refractivity contribution is -0.137. The van der Waals surface area contributed by atoms with Gasteiger partial charge >= 0.3 is 0 Å². The number of hydrogen-bond acceptors (Lipinski definition) is 2. The van der Waals surface area contributed by atoms with Crippen LogP contribution in [0.1, 0.15) is 45.1 Å². The van der Waals surface area contributed by atoms with Crippen molar-refractivity contribution >= 4 is 16.8 Å². The molecule has 1 aromatic carbocycles. The van der Waals surface area contributed by atoms with Gasteiger partial charge in [-0.1, -0.05) is 19.8 Å². The maximum absolute atomic E-state index is 13.2. The summed E-state index contributed by atoms with van der Waals surface area (Å²) in [5.41, 5.74) is 1.86. The highest BCUT2D eigenvalue weighted by atomic mass is 19.1. The smallest absolute Gasteiger partial charge is 0.248 e. The zero-order valence-corrected chi connectivity index (χ0v) is 15.0. The van der Waals surface area contributed by atoms with Gasteiger partial charge in [0.2, 0.25) is 5.91 Å². The molecule has 0 bridgehead atoms. The SMILES string of the molecule is CC1CCCC(OC(C)C(=O)NCCc2c[nH]c3cc(F)ccc23)C1. The molecule has 1 saturated carbocycles. The van der Waals surface area contributed by atoms with Gasteiger partial charge in [0.15, 0.2) is 0 Å². The van der Waals surface area contributed by atoms with Crippen LogP contribution in [0, 0.1) is 11.7 Å². The number of H-pyrrole nitrogens is 1. The Morgan fingerprint density at radius 3 is 3.08 bits per heavy atom. The van der Waals surface area contributed by atoms with Crippen LogP contribution in [0.3, 0.4) is 0 Å². The molecule has 1 amide bonds. The van der Waals surface area contributed by atoms with Crippen molar-refractivity contribution in [1.29, 1.82) is 0 Å². The first-order valence-corrected chi connectivity index (χ1v) is 9.21. The zero-order chi connectivity index (χ0) is 17.8. The maximum Gasteiger partial charge on any atom is 0.248 e. The molecule has 2 N–H and O–H groups in total. The van der Waals surface area contributed by atoms with Gasteiger partial charge in [-0.2, -0.15) is 0 Å². The molecule has 1 aliphatic rings. The summed E-state index contributed by atoms with van der Waals surface area (Å²) in [6.45, 7) is 4.61. The average Bonchev–Trinajstić information content (AvgIpc) is 2.97. The molecule has 5 heteroatoms. The van der Waals surface area contributed by atoms with E-state index in [4.69, 9.17) is 4.74 Å². The van der Waals surface area contributed by atoms with Crippen LogP contribution in [0.25, 0.3) is 10.9 Å². The van der Waals surface area contributed by atoms with Crippen LogP contribution in [-0.2, 0) is 16.0 Å². The van der Waals surface area contributed by atoms with E-state index in [0.717, 1.165) is 29.3 Å². The summed E-state index contributed by atoms with van der Waals surface area (Å²) in [6, 6.07) is 4.71. The molecule has 0 spiro atoms. The summed E-state index contributed by atoms with van der Waals surface area (Å²) in [5.74, 6) is 0.363. The number of aromatic nitrogens is 1. The van der Waals surface area contributed by atoms with E-state index in [9.17, 15) is 9.18 Å². The van der Waals surface area contributed by atoms with E-state index in [1.54, 1.807) is 6.07 Å². The summed E-state index contributed by atoms with van der Waals surface area (Å²) in [4.78, 5) is 15.3. The van der Waals surface area contributed by atoms with E-state index in [2.05, 4.69) is 17.2 Å². The molecule has 0 radical (unpaired) electrons. The number of benzene rings is 1. The first-order chi connectivity index (χ1) is 12.0. The minimum absolute atomic E-state index is 0.0656. The molecule has 1 fully saturated rings. The van der Waals surface area contributed by atoms with Crippen molar-refractivity contribution in [2.45, 2.75) is 58.2 Å². The quantitative estimate of drug-likeness (QED) is 0.832. The van der Waals surface area contributed by atoms with Gasteiger partial charge in [0.05, 0.1) is 6.10 Å². The number of rotatable bonds is 6. The molecule has 136 valence electrons. The first kappa shape index (κ1) is 17.9. The van der Waals surface area contributed by atoms with Gasteiger partial charge in [-0.3, -0.25) is 4.79 Å². The highest BCUT2D eigenvalue weighted by Crippen LogP contribution is 2.26. The Morgan fingerprint density at radius 1 is 1.44 bits per heavy atom. The third kappa shape index (κ3) is 4.60. The van der Waals surface area contributed by atoms with Gasteiger partial charge in [-0.15, -0.1) is 0 Å². The summed E-state index contributed by atoms with van der Waals surface area (Å²) in [7, 11) is 0. The lowest BCUT2D eigenvalue weighted by Crippen LogP contribution is -2.38. The molecule has 1 aromatic heterocycles. The van der Waals surface area contributed by atoms with Gasteiger partial charge in [0.1, 0.15) is 11.9 Å². The predicted molar refractivity (Wildman–Crippen MR) is 96.9 cm³/mol. The fraction of sp³-hybridized carbons (Fsp3) is 0.550. The predicted octanol–water partition coefficient (Wildman–Crippen LogP) is 3.95. The number of carbonyl (C=O) groups is 1. The molecule has 0 aliphatic heterocycles. The van der Waals surface area contributed by atoms with E-state index in [-0.39, 0.29) is 17.8 Å². The number of aromatic amines is 1.